The van der Waals surface area contributed by atoms with E-state index in [0.29, 0.717) is 0 Å². The zero-order valence-corrected chi connectivity index (χ0v) is 34.9. The van der Waals surface area contributed by atoms with Crippen LogP contribution in [-0.2, 0) is 0 Å². The minimum atomic E-state index is 1.05. The molecule has 0 amide bonds. The summed E-state index contributed by atoms with van der Waals surface area (Å²) in [6.45, 7) is 0. The summed E-state index contributed by atoms with van der Waals surface area (Å²) in [6.07, 6.45) is 4.64. The second-order valence-corrected chi connectivity index (χ2v) is 16.5. The molecule has 0 radical (unpaired) electrons. The van der Waals surface area contributed by atoms with Crippen LogP contribution < -0.4 is 9.80 Å². The van der Waals surface area contributed by atoms with Gasteiger partial charge in [-0.05, 0) is 102 Å². The SMILES string of the molecule is C1=Cc2c3ccc4c5ccccc5n(-c5ccc(N(c6ccccc6)c6ccccc6)cc5N(c5ccccc5)c5ccccc5)c4c3cc3c4ccccc4n(c23)-c2ccccc21. The Kier molecular flexibility index (Phi) is 8.18. The van der Waals surface area contributed by atoms with Crippen LogP contribution in [0.25, 0.3) is 77.9 Å². The molecule has 13 rings (SSSR count). The van der Waals surface area contributed by atoms with Gasteiger partial charge in [-0.25, -0.2) is 0 Å². The van der Waals surface area contributed by atoms with Crippen molar-refractivity contribution < 1.29 is 0 Å². The Labute approximate surface area is 371 Å². The quantitative estimate of drug-likeness (QED) is 0.159. The Morgan fingerprint density at radius 1 is 0.281 bits per heavy atom. The number of hydrogen-bond acceptors (Lipinski definition) is 2. The number of benzene rings is 10. The van der Waals surface area contributed by atoms with Gasteiger partial charge in [0.05, 0.1) is 39.1 Å². The molecule has 12 aromatic rings. The predicted molar refractivity (Wildman–Crippen MR) is 271 cm³/mol. The monoisotopic (exact) mass is 816 g/mol. The number of nitrogens with zero attached hydrogens (tertiary/aromatic N) is 4. The fourth-order valence-corrected chi connectivity index (χ4v) is 10.3. The van der Waals surface area contributed by atoms with Crippen molar-refractivity contribution >= 4 is 101 Å². The lowest BCUT2D eigenvalue weighted by molar-refractivity contribution is 1.15. The highest BCUT2D eigenvalue weighted by atomic mass is 15.2. The number of fused-ring (bicyclic) bond motifs is 11. The lowest BCUT2D eigenvalue weighted by Crippen LogP contribution is -2.15. The van der Waals surface area contributed by atoms with E-state index in [1.807, 2.05) is 0 Å². The average Bonchev–Trinajstić information content (AvgIpc) is 3.81. The molecule has 300 valence electrons. The molecular weight excluding hydrogens is 777 g/mol. The molecule has 0 spiro atoms. The fourth-order valence-electron chi connectivity index (χ4n) is 10.3. The van der Waals surface area contributed by atoms with Crippen LogP contribution in [0, 0.1) is 0 Å². The van der Waals surface area contributed by atoms with Crippen LogP contribution >= 0.6 is 0 Å². The number of aromatic nitrogens is 2. The topological polar surface area (TPSA) is 16.3 Å². The molecule has 0 atom stereocenters. The van der Waals surface area contributed by atoms with Gasteiger partial charge in [0.25, 0.3) is 0 Å². The molecule has 2 aromatic heterocycles. The van der Waals surface area contributed by atoms with E-state index in [1.54, 1.807) is 0 Å². The van der Waals surface area contributed by atoms with Gasteiger partial charge in [-0.15, -0.1) is 0 Å². The van der Waals surface area contributed by atoms with Gasteiger partial charge in [0.15, 0.2) is 0 Å². The first-order valence-electron chi connectivity index (χ1n) is 21.9. The molecule has 4 heteroatoms. The van der Waals surface area contributed by atoms with Gasteiger partial charge in [0.2, 0.25) is 0 Å². The molecule has 64 heavy (non-hydrogen) atoms. The first-order chi connectivity index (χ1) is 31.8. The molecule has 0 unspecified atom stereocenters. The lowest BCUT2D eigenvalue weighted by atomic mass is 9.97. The molecular formula is C60H40N4. The number of anilines is 6. The van der Waals surface area contributed by atoms with Gasteiger partial charge in [-0.1, -0.05) is 152 Å². The van der Waals surface area contributed by atoms with Crippen molar-refractivity contribution in [3.05, 3.63) is 242 Å². The summed E-state index contributed by atoms with van der Waals surface area (Å²) in [5, 5.41) is 7.36. The van der Waals surface area contributed by atoms with Crippen LogP contribution in [0.2, 0.25) is 0 Å². The predicted octanol–water partition coefficient (Wildman–Crippen LogP) is 16.5. The van der Waals surface area contributed by atoms with Crippen molar-refractivity contribution in [1.82, 2.24) is 9.13 Å². The van der Waals surface area contributed by atoms with Crippen molar-refractivity contribution in [2.45, 2.75) is 0 Å². The maximum atomic E-state index is 2.53. The van der Waals surface area contributed by atoms with Crippen LogP contribution in [-0.4, -0.2) is 9.13 Å². The summed E-state index contributed by atoms with van der Waals surface area (Å²) in [6, 6.07) is 83.6. The van der Waals surface area contributed by atoms with E-state index in [1.165, 1.54) is 65.7 Å². The third kappa shape index (κ3) is 5.49. The molecule has 0 aliphatic carbocycles. The van der Waals surface area contributed by atoms with Gasteiger partial charge < -0.3 is 18.9 Å². The van der Waals surface area contributed by atoms with Crippen molar-refractivity contribution in [3.63, 3.8) is 0 Å². The molecule has 0 saturated carbocycles. The largest absolute Gasteiger partial charge is 0.310 e. The summed E-state index contributed by atoms with van der Waals surface area (Å²) in [5.74, 6) is 0. The van der Waals surface area contributed by atoms with Gasteiger partial charge in [-0.2, -0.15) is 0 Å². The lowest BCUT2D eigenvalue weighted by Gasteiger charge is -2.31. The molecule has 0 fully saturated rings. The zero-order chi connectivity index (χ0) is 42.1. The smallest absolute Gasteiger partial charge is 0.0723 e. The van der Waals surface area contributed by atoms with E-state index >= 15 is 0 Å². The highest BCUT2D eigenvalue weighted by molar-refractivity contribution is 6.26. The molecule has 4 nitrogen and oxygen atoms in total. The minimum absolute atomic E-state index is 1.05. The Balaban J connectivity index is 1.18. The maximum absolute atomic E-state index is 2.53. The van der Waals surface area contributed by atoms with Crippen LogP contribution in [0.3, 0.4) is 0 Å². The molecule has 3 heterocycles. The summed E-state index contributed by atoms with van der Waals surface area (Å²) < 4.78 is 5.02. The van der Waals surface area contributed by atoms with Gasteiger partial charge >= 0.3 is 0 Å². The highest BCUT2D eigenvalue weighted by Gasteiger charge is 2.26. The zero-order valence-electron chi connectivity index (χ0n) is 34.9. The number of para-hydroxylation sites is 7. The van der Waals surface area contributed by atoms with Gasteiger partial charge in [0, 0.05) is 60.9 Å². The summed E-state index contributed by atoms with van der Waals surface area (Å²) in [4.78, 5) is 4.77. The first-order valence-corrected chi connectivity index (χ1v) is 21.9. The van der Waals surface area contributed by atoms with E-state index in [9.17, 15) is 0 Å². The third-order valence-corrected chi connectivity index (χ3v) is 13.0. The van der Waals surface area contributed by atoms with Crippen LogP contribution in [0.1, 0.15) is 11.1 Å². The second kappa shape index (κ2) is 14.5. The second-order valence-electron chi connectivity index (χ2n) is 16.5. The molecule has 0 N–H and O–H groups in total. The number of hydrogen-bond donors (Lipinski definition) is 0. The van der Waals surface area contributed by atoms with Crippen molar-refractivity contribution in [2.24, 2.45) is 0 Å². The van der Waals surface area contributed by atoms with E-state index in [0.717, 1.165) is 45.3 Å². The van der Waals surface area contributed by atoms with Crippen LogP contribution in [0.5, 0.6) is 0 Å². The Morgan fingerprint density at radius 2 is 0.766 bits per heavy atom. The van der Waals surface area contributed by atoms with E-state index in [4.69, 9.17) is 0 Å². The van der Waals surface area contributed by atoms with E-state index < -0.39 is 0 Å². The fraction of sp³-hybridized carbons (Fsp3) is 0. The average molecular weight is 817 g/mol. The van der Waals surface area contributed by atoms with Gasteiger partial charge in [0.1, 0.15) is 0 Å². The van der Waals surface area contributed by atoms with Crippen molar-refractivity contribution in [3.8, 4) is 11.4 Å². The normalized spacial score (nSPS) is 12.0. The minimum Gasteiger partial charge on any atom is -0.310 e. The van der Waals surface area contributed by atoms with Crippen molar-refractivity contribution in [1.29, 1.82) is 0 Å². The molecule has 1 aliphatic rings. The third-order valence-electron chi connectivity index (χ3n) is 13.0. The highest BCUT2D eigenvalue weighted by Crippen LogP contribution is 2.48. The maximum Gasteiger partial charge on any atom is 0.0723 e. The van der Waals surface area contributed by atoms with Crippen LogP contribution in [0.4, 0.5) is 34.1 Å². The Hall–Kier alpha value is -8.60. The molecule has 0 bridgehead atoms. The number of rotatable bonds is 7. The Bertz CT molecular complexity index is 3690. The van der Waals surface area contributed by atoms with Gasteiger partial charge in [-0.3, -0.25) is 0 Å². The summed E-state index contributed by atoms with van der Waals surface area (Å²) >= 11 is 0. The van der Waals surface area contributed by atoms with E-state index in [-0.39, 0.29) is 0 Å². The summed E-state index contributed by atoms with van der Waals surface area (Å²) in [7, 11) is 0. The summed E-state index contributed by atoms with van der Waals surface area (Å²) in [5.41, 5.74) is 15.9. The molecule has 0 saturated heterocycles. The standard InChI is InChI=1S/C60H40N4/c1-5-20-42(21-6-1)61(43-22-7-2-8-23-43)46-34-38-57(58(39-46)62(44-24-9-3-10-25-44)45-26-11-4-12-27-45)64-55-31-17-14-28-48(55)51-37-36-47-50-35-33-41-19-13-16-30-54(41)63-56-32-18-15-29-49(56)53(59(50)63)40-52(47)60(51)64/h1-40H. The first kappa shape index (κ1) is 36.1. The molecule has 1 aliphatic heterocycles. The van der Waals surface area contributed by atoms with Crippen LogP contribution in [0.15, 0.2) is 231 Å². The molecule has 10 aromatic carbocycles. The van der Waals surface area contributed by atoms with Crippen molar-refractivity contribution in [2.75, 3.05) is 9.80 Å². The Morgan fingerprint density at radius 3 is 1.39 bits per heavy atom. The van der Waals surface area contributed by atoms with E-state index in [2.05, 4.69) is 262 Å².